The predicted octanol–water partition coefficient (Wildman–Crippen LogP) is 4.45. The molecular weight excluding hydrogens is 397 g/mol. The van der Waals surface area contributed by atoms with E-state index in [-0.39, 0.29) is 12.1 Å². The quantitative estimate of drug-likeness (QED) is 0.770. The van der Waals surface area contributed by atoms with E-state index in [4.69, 9.17) is 23.2 Å². The van der Waals surface area contributed by atoms with Gasteiger partial charge in [0.15, 0.2) is 0 Å². The van der Waals surface area contributed by atoms with E-state index in [0.717, 1.165) is 44.6 Å². The number of piperidine rings is 1. The predicted molar refractivity (Wildman–Crippen MR) is 113 cm³/mol. The Labute approximate surface area is 174 Å². The smallest absolute Gasteiger partial charge is 0.319 e. The number of nitrogens with one attached hydrogen (secondary N) is 2. The van der Waals surface area contributed by atoms with Crippen LogP contribution in [-0.2, 0) is 12.8 Å². The molecule has 0 radical (unpaired) electrons. The van der Waals surface area contributed by atoms with Crippen molar-refractivity contribution in [2.24, 2.45) is 0 Å². The number of benzene rings is 1. The van der Waals surface area contributed by atoms with Crippen molar-refractivity contribution in [1.82, 2.24) is 15.3 Å². The van der Waals surface area contributed by atoms with Crippen LogP contribution in [0.4, 0.5) is 16.3 Å². The molecule has 0 bridgehead atoms. The van der Waals surface area contributed by atoms with Crippen molar-refractivity contribution in [2.75, 3.05) is 23.3 Å². The molecule has 0 spiro atoms. The number of halogens is 2. The average molecular weight is 420 g/mol. The molecule has 1 fully saturated rings. The zero-order valence-corrected chi connectivity index (χ0v) is 17.1. The number of amides is 2. The molecule has 1 saturated heterocycles. The van der Waals surface area contributed by atoms with Crippen molar-refractivity contribution >= 4 is 40.7 Å². The van der Waals surface area contributed by atoms with Crippen LogP contribution in [0.15, 0.2) is 24.5 Å². The Morgan fingerprint density at radius 1 is 1.07 bits per heavy atom. The summed E-state index contributed by atoms with van der Waals surface area (Å²) in [5.41, 5.74) is 3.15. The van der Waals surface area contributed by atoms with E-state index in [2.05, 4.69) is 25.5 Å². The van der Waals surface area contributed by atoms with Gasteiger partial charge in [-0.2, -0.15) is 0 Å². The fourth-order valence-electron chi connectivity index (χ4n) is 3.94. The molecule has 1 aromatic heterocycles. The van der Waals surface area contributed by atoms with Gasteiger partial charge in [-0.15, -0.1) is 0 Å². The second kappa shape index (κ2) is 8.53. The molecule has 2 heterocycles. The summed E-state index contributed by atoms with van der Waals surface area (Å²) < 4.78 is 0. The third-order valence-corrected chi connectivity index (χ3v) is 6.15. The average Bonchev–Trinajstić information content (AvgIpc) is 2.71. The van der Waals surface area contributed by atoms with Gasteiger partial charge >= 0.3 is 6.03 Å². The van der Waals surface area contributed by atoms with Crippen molar-refractivity contribution < 1.29 is 4.79 Å². The van der Waals surface area contributed by atoms with Crippen LogP contribution in [-0.4, -0.2) is 35.1 Å². The number of fused-ring (bicyclic) bond motifs is 1. The first-order valence-electron chi connectivity index (χ1n) is 9.70. The van der Waals surface area contributed by atoms with E-state index >= 15 is 0 Å². The first-order chi connectivity index (χ1) is 13.6. The number of hydrogen-bond acceptors (Lipinski definition) is 4. The molecular formula is C20H23Cl2N5O. The largest absolute Gasteiger partial charge is 0.356 e. The fraction of sp³-hybridized carbons (Fsp3) is 0.450. The van der Waals surface area contributed by atoms with Gasteiger partial charge in [0.05, 0.1) is 10.0 Å². The van der Waals surface area contributed by atoms with Crippen molar-refractivity contribution in [2.45, 2.75) is 44.6 Å². The molecule has 2 aromatic rings. The minimum atomic E-state index is -0.226. The Morgan fingerprint density at radius 3 is 2.64 bits per heavy atom. The number of carbonyl (C=O) groups excluding carboxylic acids is 1. The lowest BCUT2D eigenvalue weighted by atomic mass is 9.95. The molecule has 4 rings (SSSR count). The Hall–Kier alpha value is -2.05. The van der Waals surface area contributed by atoms with Crippen LogP contribution in [0, 0.1) is 0 Å². The third-order valence-electron chi connectivity index (χ3n) is 5.41. The van der Waals surface area contributed by atoms with Gasteiger partial charge in [0.2, 0.25) is 0 Å². The molecule has 28 heavy (non-hydrogen) atoms. The molecule has 148 valence electrons. The summed E-state index contributed by atoms with van der Waals surface area (Å²) in [6.07, 6.45) is 7.99. The van der Waals surface area contributed by atoms with Crippen molar-refractivity contribution in [3.05, 3.63) is 45.8 Å². The van der Waals surface area contributed by atoms with Gasteiger partial charge in [0, 0.05) is 36.1 Å². The lowest BCUT2D eigenvalue weighted by Gasteiger charge is -2.35. The van der Waals surface area contributed by atoms with Crippen molar-refractivity contribution in [3.63, 3.8) is 0 Å². The minimum absolute atomic E-state index is 0.136. The van der Waals surface area contributed by atoms with Gasteiger partial charge in [-0.1, -0.05) is 23.2 Å². The molecule has 2 amide bonds. The van der Waals surface area contributed by atoms with E-state index in [1.807, 2.05) is 0 Å². The highest BCUT2D eigenvalue weighted by atomic mass is 35.5. The van der Waals surface area contributed by atoms with Crippen LogP contribution in [0.5, 0.6) is 0 Å². The molecule has 6 nitrogen and oxygen atoms in total. The molecule has 0 unspecified atom stereocenters. The van der Waals surface area contributed by atoms with Gasteiger partial charge in [-0.05, 0) is 56.7 Å². The van der Waals surface area contributed by atoms with E-state index in [9.17, 15) is 4.79 Å². The Balaban J connectivity index is 1.32. The van der Waals surface area contributed by atoms with Gasteiger partial charge in [0.1, 0.15) is 12.1 Å². The maximum atomic E-state index is 12.3. The maximum absolute atomic E-state index is 12.3. The van der Waals surface area contributed by atoms with Crippen LogP contribution >= 0.6 is 23.2 Å². The van der Waals surface area contributed by atoms with Crippen LogP contribution in [0.1, 0.15) is 36.9 Å². The second-order valence-corrected chi connectivity index (χ2v) is 8.13. The number of urea groups is 1. The first kappa shape index (κ1) is 19.3. The molecule has 8 heteroatoms. The zero-order valence-electron chi connectivity index (χ0n) is 15.5. The summed E-state index contributed by atoms with van der Waals surface area (Å²) in [7, 11) is 0. The summed E-state index contributed by atoms with van der Waals surface area (Å²) in [4.78, 5) is 23.6. The van der Waals surface area contributed by atoms with Crippen LogP contribution in [0.3, 0.4) is 0 Å². The first-order valence-corrected chi connectivity index (χ1v) is 10.5. The molecule has 2 aliphatic rings. The molecule has 1 aromatic carbocycles. The van der Waals surface area contributed by atoms with E-state index < -0.39 is 0 Å². The molecule has 2 N–H and O–H groups in total. The fourth-order valence-corrected chi connectivity index (χ4v) is 4.24. The van der Waals surface area contributed by atoms with Crippen molar-refractivity contribution in [3.8, 4) is 0 Å². The molecule has 1 aliphatic heterocycles. The van der Waals surface area contributed by atoms with E-state index in [0.29, 0.717) is 15.7 Å². The van der Waals surface area contributed by atoms with Crippen LogP contribution in [0.25, 0.3) is 0 Å². The number of carbonyl (C=O) groups is 1. The third kappa shape index (κ3) is 4.33. The standard InChI is InChI=1S/C20H23Cl2N5O/c21-16-6-5-14(11-17(16)22)26-20(28)25-13-7-9-27(10-8-13)19-15-3-1-2-4-18(15)23-12-24-19/h5-6,11-13H,1-4,7-10H2,(H2,25,26,28). The number of anilines is 2. The van der Waals surface area contributed by atoms with Crippen LogP contribution in [0.2, 0.25) is 10.0 Å². The summed E-state index contributed by atoms with van der Waals surface area (Å²) in [6.45, 7) is 1.75. The lowest BCUT2D eigenvalue weighted by molar-refractivity contribution is 0.246. The molecule has 0 saturated carbocycles. The summed E-state index contributed by atoms with van der Waals surface area (Å²) >= 11 is 11.9. The number of rotatable bonds is 3. The normalized spacial score (nSPS) is 17.1. The summed E-state index contributed by atoms with van der Waals surface area (Å²) in [5, 5.41) is 6.75. The SMILES string of the molecule is O=C(Nc1ccc(Cl)c(Cl)c1)NC1CCN(c2ncnc3c2CCCC3)CC1. The van der Waals surface area contributed by atoms with Crippen LogP contribution < -0.4 is 15.5 Å². The van der Waals surface area contributed by atoms with Gasteiger partial charge in [-0.3, -0.25) is 0 Å². The topological polar surface area (TPSA) is 70.2 Å². The summed E-state index contributed by atoms with van der Waals surface area (Å²) in [5.74, 6) is 1.09. The van der Waals surface area contributed by atoms with Gasteiger partial charge in [-0.25, -0.2) is 14.8 Å². The minimum Gasteiger partial charge on any atom is -0.356 e. The van der Waals surface area contributed by atoms with Crippen molar-refractivity contribution in [1.29, 1.82) is 0 Å². The maximum Gasteiger partial charge on any atom is 0.319 e. The summed E-state index contributed by atoms with van der Waals surface area (Å²) in [6, 6.07) is 4.95. The number of nitrogens with zero attached hydrogens (tertiary/aromatic N) is 3. The zero-order chi connectivity index (χ0) is 19.5. The highest BCUT2D eigenvalue weighted by Gasteiger charge is 2.25. The Morgan fingerprint density at radius 2 is 1.86 bits per heavy atom. The second-order valence-electron chi connectivity index (χ2n) is 7.32. The highest BCUT2D eigenvalue weighted by molar-refractivity contribution is 6.42. The van der Waals surface area contributed by atoms with E-state index in [1.165, 1.54) is 24.1 Å². The van der Waals surface area contributed by atoms with E-state index in [1.54, 1.807) is 24.5 Å². The molecule has 1 aliphatic carbocycles. The number of aromatic nitrogens is 2. The monoisotopic (exact) mass is 419 g/mol. The number of aryl methyl sites for hydroxylation is 1. The Bertz CT molecular complexity index is 868. The number of hydrogen-bond donors (Lipinski definition) is 2. The van der Waals surface area contributed by atoms with Gasteiger partial charge in [0.25, 0.3) is 0 Å². The van der Waals surface area contributed by atoms with Gasteiger partial charge < -0.3 is 15.5 Å². The molecule has 0 atom stereocenters. The lowest BCUT2D eigenvalue weighted by Crippen LogP contribution is -2.46. The Kier molecular flexibility index (Phi) is 5.87. The highest BCUT2D eigenvalue weighted by Crippen LogP contribution is 2.29.